The van der Waals surface area contributed by atoms with E-state index in [1.807, 2.05) is 43.3 Å². The number of amides is 1. The van der Waals surface area contributed by atoms with Crippen molar-refractivity contribution in [1.82, 2.24) is 10.2 Å². The average molecular weight is 477 g/mol. The lowest BCUT2D eigenvalue weighted by atomic mass is 9.98. The number of hydrogen-bond donors (Lipinski definition) is 3. The van der Waals surface area contributed by atoms with Gasteiger partial charge in [-0.05, 0) is 54.0 Å². The van der Waals surface area contributed by atoms with E-state index >= 15 is 0 Å². The molecule has 7 nitrogen and oxygen atoms in total. The Morgan fingerprint density at radius 2 is 1.54 bits per heavy atom. The first-order valence-electron chi connectivity index (χ1n) is 11.8. The van der Waals surface area contributed by atoms with Crippen LogP contribution in [0.25, 0.3) is 11.1 Å². The molecule has 0 aromatic heterocycles. The maximum atomic E-state index is 12.3. The van der Waals surface area contributed by atoms with Gasteiger partial charge in [0.2, 0.25) is 0 Å². The number of aliphatic hydroxyl groups is 2. The Labute approximate surface area is 205 Å². The molecule has 1 aliphatic carbocycles. The number of carbonyl (C=O) groups excluding carboxylic acids is 1. The number of carbonyl (C=O) groups is 1. The van der Waals surface area contributed by atoms with Crippen LogP contribution < -0.4 is 10.1 Å². The van der Waals surface area contributed by atoms with Crippen molar-refractivity contribution >= 4 is 6.09 Å². The normalized spacial score (nSPS) is 14.2. The number of aliphatic hydroxyl groups excluding tert-OH is 2. The van der Waals surface area contributed by atoms with Crippen LogP contribution in [0.1, 0.15) is 28.7 Å². The second-order valence-electron chi connectivity index (χ2n) is 8.94. The van der Waals surface area contributed by atoms with Crippen molar-refractivity contribution in [3.05, 3.63) is 89.5 Å². The summed E-state index contributed by atoms with van der Waals surface area (Å²) in [6, 6.07) is 23.1. The van der Waals surface area contributed by atoms with E-state index in [0.717, 1.165) is 28.8 Å². The van der Waals surface area contributed by atoms with E-state index in [1.54, 1.807) is 24.3 Å². The largest absolute Gasteiger partial charge is 0.492 e. The smallest absolute Gasteiger partial charge is 0.407 e. The molecule has 3 N–H and O–H groups in total. The molecule has 35 heavy (non-hydrogen) atoms. The molecule has 2 atom stereocenters. The van der Waals surface area contributed by atoms with Crippen LogP contribution in [0.2, 0.25) is 0 Å². The van der Waals surface area contributed by atoms with E-state index in [-0.39, 0.29) is 19.1 Å². The number of hydrogen-bond acceptors (Lipinski definition) is 6. The van der Waals surface area contributed by atoms with Gasteiger partial charge in [-0.3, -0.25) is 0 Å². The predicted octanol–water partition coefficient (Wildman–Crippen LogP) is 3.56. The summed E-state index contributed by atoms with van der Waals surface area (Å²) in [7, 11) is 3.95. The highest BCUT2D eigenvalue weighted by molar-refractivity contribution is 5.79. The third kappa shape index (κ3) is 6.00. The molecular formula is C28H32N2O5. The van der Waals surface area contributed by atoms with Gasteiger partial charge in [0.15, 0.2) is 0 Å². The van der Waals surface area contributed by atoms with Gasteiger partial charge in [-0.1, -0.05) is 60.7 Å². The zero-order chi connectivity index (χ0) is 24.8. The SMILES string of the molecule is CN(C)CCOc1ccc(C(O)C(O)CNC(=O)OCC2c3ccccc3-c3ccccc32)cc1. The molecule has 184 valence electrons. The first-order chi connectivity index (χ1) is 16.9. The molecule has 0 bridgehead atoms. The first-order valence-corrected chi connectivity index (χ1v) is 11.8. The summed E-state index contributed by atoms with van der Waals surface area (Å²) in [5.74, 6) is 0.649. The highest BCUT2D eigenvalue weighted by Crippen LogP contribution is 2.44. The lowest BCUT2D eigenvalue weighted by Gasteiger charge is -2.20. The molecule has 0 aliphatic heterocycles. The predicted molar refractivity (Wildman–Crippen MR) is 135 cm³/mol. The van der Waals surface area contributed by atoms with E-state index in [1.165, 1.54) is 0 Å². The zero-order valence-corrected chi connectivity index (χ0v) is 20.1. The van der Waals surface area contributed by atoms with Gasteiger partial charge in [-0.15, -0.1) is 0 Å². The molecule has 7 heteroatoms. The first kappa shape index (κ1) is 24.7. The molecule has 0 radical (unpaired) electrons. The summed E-state index contributed by atoms with van der Waals surface area (Å²) in [6.45, 7) is 1.40. The molecule has 2 unspecified atom stereocenters. The summed E-state index contributed by atoms with van der Waals surface area (Å²) in [6.07, 6.45) is -2.97. The number of alkyl carbamates (subject to hydrolysis) is 1. The number of nitrogens with one attached hydrogen (secondary N) is 1. The molecular weight excluding hydrogens is 444 g/mol. The average Bonchev–Trinajstić information content (AvgIpc) is 3.19. The Morgan fingerprint density at radius 1 is 0.943 bits per heavy atom. The van der Waals surface area contributed by atoms with Gasteiger partial charge in [0.05, 0.1) is 0 Å². The van der Waals surface area contributed by atoms with Gasteiger partial charge in [0, 0.05) is 19.0 Å². The summed E-state index contributed by atoms with van der Waals surface area (Å²) < 4.78 is 11.1. The molecule has 0 saturated heterocycles. The van der Waals surface area contributed by atoms with E-state index in [9.17, 15) is 15.0 Å². The van der Waals surface area contributed by atoms with Crippen LogP contribution in [-0.2, 0) is 4.74 Å². The Bertz CT molecular complexity index is 1090. The summed E-state index contributed by atoms with van der Waals surface area (Å²) >= 11 is 0. The molecule has 1 aliphatic rings. The molecule has 3 aromatic carbocycles. The van der Waals surface area contributed by atoms with E-state index in [2.05, 4.69) is 29.6 Å². The van der Waals surface area contributed by atoms with E-state index < -0.39 is 18.3 Å². The third-order valence-electron chi connectivity index (χ3n) is 6.19. The van der Waals surface area contributed by atoms with Crippen molar-refractivity contribution in [2.45, 2.75) is 18.1 Å². The monoisotopic (exact) mass is 476 g/mol. The fourth-order valence-electron chi connectivity index (χ4n) is 4.28. The fourth-order valence-corrected chi connectivity index (χ4v) is 4.28. The Hall–Kier alpha value is -3.39. The maximum Gasteiger partial charge on any atom is 0.407 e. The number of ether oxygens (including phenoxy) is 2. The highest BCUT2D eigenvalue weighted by atomic mass is 16.5. The van der Waals surface area contributed by atoms with Crippen molar-refractivity contribution in [2.75, 3.05) is 40.4 Å². The third-order valence-corrected chi connectivity index (χ3v) is 6.19. The van der Waals surface area contributed by atoms with E-state index in [0.29, 0.717) is 17.9 Å². The number of nitrogens with zero attached hydrogens (tertiary/aromatic N) is 1. The maximum absolute atomic E-state index is 12.3. The number of benzene rings is 3. The lowest BCUT2D eigenvalue weighted by Crippen LogP contribution is -2.36. The number of fused-ring (bicyclic) bond motifs is 3. The van der Waals surface area contributed by atoms with Gasteiger partial charge in [0.1, 0.15) is 31.2 Å². The molecule has 3 aromatic rings. The minimum absolute atomic E-state index is 0.0397. The van der Waals surface area contributed by atoms with Gasteiger partial charge >= 0.3 is 6.09 Å². The standard InChI is InChI=1S/C28H32N2O5/c1-30(2)15-16-34-20-13-11-19(12-14-20)27(32)26(31)17-29-28(33)35-18-25-23-9-5-3-7-21(23)22-8-4-6-10-24(22)25/h3-14,25-27,31-32H,15-18H2,1-2H3,(H,29,33). The van der Waals surface area contributed by atoms with Gasteiger partial charge in [0.25, 0.3) is 0 Å². The van der Waals surface area contributed by atoms with Gasteiger partial charge < -0.3 is 29.9 Å². The highest BCUT2D eigenvalue weighted by Gasteiger charge is 2.29. The lowest BCUT2D eigenvalue weighted by molar-refractivity contribution is 0.0185. The summed E-state index contributed by atoms with van der Waals surface area (Å²) in [5.41, 5.74) is 5.11. The summed E-state index contributed by atoms with van der Waals surface area (Å²) in [5, 5.41) is 23.4. The number of rotatable bonds is 10. The van der Waals surface area contributed by atoms with Crippen LogP contribution in [0.3, 0.4) is 0 Å². The second-order valence-corrected chi connectivity index (χ2v) is 8.94. The second kappa shape index (κ2) is 11.4. The van der Waals surface area contributed by atoms with Crippen molar-refractivity contribution in [2.24, 2.45) is 0 Å². The molecule has 0 spiro atoms. The quantitative estimate of drug-likeness (QED) is 0.415. The van der Waals surface area contributed by atoms with Crippen molar-refractivity contribution < 1.29 is 24.5 Å². The van der Waals surface area contributed by atoms with Crippen molar-refractivity contribution in [3.63, 3.8) is 0 Å². The molecule has 0 fully saturated rings. The fraction of sp³-hybridized carbons (Fsp3) is 0.321. The minimum Gasteiger partial charge on any atom is -0.492 e. The molecule has 4 rings (SSSR count). The van der Waals surface area contributed by atoms with Gasteiger partial charge in [-0.25, -0.2) is 4.79 Å². The van der Waals surface area contributed by atoms with Crippen LogP contribution in [-0.4, -0.2) is 67.7 Å². The topological polar surface area (TPSA) is 91.3 Å². The van der Waals surface area contributed by atoms with Crippen LogP contribution in [0.15, 0.2) is 72.8 Å². The minimum atomic E-state index is -1.18. The Balaban J connectivity index is 1.26. The van der Waals surface area contributed by atoms with E-state index in [4.69, 9.17) is 9.47 Å². The molecule has 0 heterocycles. The Kier molecular flexibility index (Phi) is 8.02. The van der Waals surface area contributed by atoms with Crippen LogP contribution in [0.5, 0.6) is 5.75 Å². The van der Waals surface area contributed by atoms with Gasteiger partial charge in [-0.2, -0.15) is 0 Å². The van der Waals surface area contributed by atoms with Crippen LogP contribution in [0.4, 0.5) is 4.79 Å². The molecule has 1 amide bonds. The Morgan fingerprint density at radius 3 is 2.14 bits per heavy atom. The molecule has 0 saturated carbocycles. The van der Waals surface area contributed by atoms with Crippen LogP contribution >= 0.6 is 0 Å². The summed E-state index contributed by atoms with van der Waals surface area (Å²) in [4.78, 5) is 14.4. The van der Waals surface area contributed by atoms with Crippen molar-refractivity contribution in [1.29, 1.82) is 0 Å². The number of likely N-dealkylation sites (N-methyl/N-ethyl adjacent to an activating group) is 1. The van der Waals surface area contributed by atoms with Crippen molar-refractivity contribution in [3.8, 4) is 16.9 Å². The van der Waals surface area contributed by atoms with Crippen LogP contribution in [0, 0.1) is 0 Å². The zero-order valence-electron chi connectivity index (χ0n) is 20.1.